The molecule has 0 bridgehead atoms. The van der Waals surface area contributed by atoms with Gasteiger partial charge in [0.15, 0.2) is 6.10 Å². The fourth-order valence-corrected chi connectivity index (χ4v) is 1.48. The fourth-order valence-electron chi connectivity index (χ4n) is 1.48. The summed E-state index contributed by atoms with van der Waals surface area (Å²) in [6.45, 7) is 10.2. The third kappa shape index (κ3) is 4.08. The zero-order valence-corrected chi connectivity index (χ0v) is 9.42. The summed E-state index contributed by atoms with van der Waals surface area (Å²) in [4.78, 5) is 2.32. The van der Waals surface area contributed by atoms with Gasteiger partial charge in [-0.25, -0.2) is 0 Å². The molecule has 1 heterocycles. The molecule has 3 nitrogen and oxygen atoms in total. The zero-order valence-electron chi connectivity index (χ0n) is 9.42. The third-order valence-electron chi connectivity index (χ3n) is 2.47. The molecular formula is C11H20N2O. The maximum Gasteiger partial charge on any atom is 0.156 e. The number of nitrogens with zero attached hydrogens (tertiary/aromatic N) is 2. The number of nitriles is 1. The van der Waals surface area contributed by atoms with Crippen molar-refractivity contribution < 1.29 is 4.74 Å². The summed E-state index contributed by atoms with van der Waals surface area (Å²) in [7, 11) is 0. The molecule has 1 fully saturated rings. The second-order valence-electron chi connectivity index (χ2n) is 5.10. The van der Waals surface area contributed by atoms with Gasteiger partial charge in [-0.05, 0) is 18.4 Å². The van der Waals surface area contributed by atoms with Gasteiger partial charge in [0, 0.05) is 13.1 Å². The highest BCUT2D eigenvalue weighted by atomic mass is 16.5. The van der Waals surface area contributed by atoms with Crippen LogP contribution in [0.1, 0.15) is 27.2 Å². The summed E-state index contributed by atoms with van der Waals surface area (Å²) >= 11 is 0. The van der Waals surface area contributed by atoms with Crippen LogP contribution in [0.2, 0.25) is 0 Å². The molecule has 0 aliphatic carbocycles. The lowest BCUT2D eigenvalue weighted by Crippen LogP contribution is -2.42. The maximum atomic E-state index is 8.74. The van der Waals surface area contributed by atoms with Crippen LogP contribution in [0.5, 0.6) is 0 Å². The highest BCUT2D eigenvalue weighted by Gasteiger charge is 2.21. The van der Waals surface area contributed by atoms with Gasteiger partial charge in [0.05, 0.1) is 12.7 Å². The molecule has 0 aromatic rings. The second kappa shape index (κ2) is 4.77. The first-order valence-electron chi connectivity index (χ1n) is 5.25. The Kier molecular flexibility index (Phi) is 3.91. The van der Waals surface area contributed by atoms with Crippen LogP contribution in [0.3, 0.4) is 0 Å². The molecule has 0 radical (unpaired) electrons. The van der Waals surface area contributed by atoms with Crippen molar-refractivity contribution >= 4 is 0 Å². The summed E-state index contributed by atoms with van der Waals surface area (Å²) in [6, 6.07) is 2.17. The van der Waals surface area contributed by atoms with E-state index < -0.39 is 0 Å². The summed E-state index contributed by atoms with van der Waals surface area (Å²) in [6.07, 6.45) is 0.953. The summed E-state index contributed by atoms with van der Waals surface area (Å²) < 4.78 is 5.29. The van der Waals surface area contributed by atoms with Gasteiger partial charge in [0.1, 0.15) is 0 Å². The van der Waals surface area contributed by atoms with E-state index in [0.717, 1.165) is 19.6 Å². The highest BCUT2D eigenvalue weighted by Crippen LogP contribution is 2.19. The molecule has 0 aromatic heterocycles. The number of rotatable bonds is 2. The summed E-state index contributed by atoms with van der Waals surface area (Å²) in [5, 5.41) is 8.74. The van der Waals surface area contributed by atoms with E-state index >= 15 is 0 Å². The number of hydrogen-bond donors (Lipinski definition) is 0. The Balaban J connectivity index is 2.28. The first-order chi connectivity index (χ1) is 6.51. The van der Waals surface area contributed by atoms with E-state index in [9.17, 15) is 0 Å². The lowest BCUT2D eigenvalue weighted by Gasteiger charge is -2.31. The van der Waals surface area contributed by atoms with E-state index in [2.05, 4.69) is 31.7 Å². The van der Waals surface area contributed by atoms with E-state index in [4.69, 9.17) is 10.00 Å². The minimum Gasteiger partial charge on any atom is -0.361 e. The molecule has 0 amide bonds. The smallest absolute Gasteiger partial charge is 0.156 e. The van der Waals surface area contributed by atoms with Crippen LogP contribution >= 0.6 is 0 Å². The van der Waals surface area contributed by atoms with Crippen molar-refractivity contribution in [2.75, 3.05) is 26.2 Å². The van der Waals surface area contributed by atoms with Gasteiger partial charge < -0.3 is 4.74 Å². The molecule has 0 aromatic carbocycles. The number of hydrogen-bond acceptors (Lipinski definition) is 3. The fraction of sp³-hybridized carbons (Fsp3) is 0.909. The predicted molar refractivity (Wildman–Crippen MR) is 55.9 cm³/mol. The molecule has 0 spiro atoms. The average Bonchev–Trinajstić information content (AvgIpc) is 2.14. The van der Waals surface area contributed by atoms with Crippen LogP contribution in [0.25, 0.3) is 0 Å². The highest BCUT2D eigenvalue weighted by molar-refractivity contribution is 4.89. The van der Waals surface area contributed by atoms with Crippen molar-refractivity contribution in [2.45, 2.75) is 33.3 Å². The summed E-state index contributed by atoms with van der Waals surface area (Å²) in [5.74, 6) is 0. The quantitative estimate of drug-likeness (QED) is 0.673. The van der Waals surface area contributed by atoms with Crippen molar-refractivity contribution in [3.05, 3.63) is 0 Å². The minimum atomic E-state index is -0.219. The van der Waals surface area contributed by atoms with Crippen LogP contribution in [0.15, 0.2) is 0 Å². The Morgan fingerprint density at radius 3 is 2.79 bits per heavy atom. The van der Waals surface area contributed by atoms with E-state index in [1.54, 1.807) is 0 Å². The Labute approximate surface area is 86.6 Å². The molecule has 0 saturated carbocycles. The second-order valence-corrected chi connectivity index (χ2v) is 5.10. The molecule has 1 saturated heterocycles. The lowest BCUT2D eigenvalue weighted by molar-refractivity contribution is -0.00269. The molecule has 1 rings (SSSR count). The van der Waals surface area contributed by atoms with Gasteiger partial charge in [-0.3, -0.25) is 4.90 Å². The molecule has 1 unspecified atom stereocenters. The molecule has 1 aliphatic rings. The topological polar surface area (TPSA) is 36.3 Å². The molecular weight excluding hydrogens is 176 g/mol. The lowest BCUT2D eigenvalue weighted by atomic mass is 9.92. The van der Waals surface area contributed by atoms with Gasteiger partial charge in [-0.2, -0.15) is 5.26 Å². The van der Waals surface area contributed by atoms with E-state index in [0.29, 0.717) is 12.0 Å². The van der Waals surface area contributed by atoms with Gasteiger partial charge >= 0.3 is 0 Å². The van der Waals surface area contributed by atoms with Gasteiger partial charge in [-0.1, -0.05) is 20.8 Å². The van der Waals surface area contributed by atoms with Crippen LogP contribution < -0.4 is 0 Å². The first-order valence-corrected chi connectivity index (χ1v) is 5.25. The predicted octanol–water partition coefficient (Wildman–Crippen LogP) is 1.65. The number of morpholine rings is 1. The monoisotopic (exact) mass is 196 g/mol. The van der Waals surface area contributed by atoms with Crippen molar-refractivity contribution in [3.63, 3.8) is 0 Å². The Morgan fingerprint density at radius 1 is 1.50 bits per heavy atom. The third-order valence-corrected chi connectivity index (χ3v) is 2.47. The van der Waals surface area contributed by atoms with Crippen molar-refractivity contribution in [1.82, 2.24) is 4.90 Å². The Morgan fingerprint density at radius 2 is 2.21 bits per heavy atom. The normalized spacial score (nSPS) is 24.6. The molecule has 0 N–H and O–H groups in total. The largest absolute Gasteiger partial charge is 0.361 e. The van der Waals surface area contributed by atoms with Gasteiger partial charge in [-0.15, -0.1) is 0 Å². The van der Waals surface area contributed by atoms with Crippen LogP contribution in [0, 0.1) is 16.7 Å². The molecule has 14 heavy (non-hydrogen) atoms. The van der Waals surface area contributed by atoms with Crippen LogP contribution in [0.4, 0.5) is 0 Å². The van der Waals surface area contributed by atoms with Crippen LogP contribution in [-0.4, -0.2) is 37.2 Å². The summed E-state index contributed by atoms with van der Waals surface area (Å²) in [5.41, 5.74) is 0.375. The van der Waals surface area contributed by atoms with Crippen molar-refractivity contribution in [2.24, 2.45) is 5.41 Å². The SMILES string of the molecule is CC(C)(C)CCN1CCOC(C#N)C1. The number of ether oxygens (including phenoxy) is 1. The standard InChI is InChI=1S/C11H20N2O/c1-11(2,3)4-5-13-6-7-14-10(8-12)9-13/h10H,4-7,9H2,1-3H3. The molecule has 1 atom stereocenters. The van der Waals surface area contributed by atoms with E-state index in [-0.39, 0.29) is 6.10 Å². The molecule has 1 aliphatic heterocycles. The Bertz CT molecular complexity index is 214. The van der Waals surface area contributed by atoms with E-state index in [1.165, 1.54) is 6.42 Å². The average molecular weight is 196 g/mol. The molecule has 3 heteroatoms. The zero-order chi connectivity index (χ0) is 10.6. The Hall–Kier alpha value is -0.590. The van der Waals surface area contributed by atoms with Crippen molar-refractivity contribution in [1.29, 1.82) is 5.26 Å². The molecule has 80 valence electrons. The van der Waals surface area contributed by atoms with Crippen LogP contribution in [-0.2, 0) is 4.74 Å². The minimum absolute atomic E-state index is 0.219. The van der Waals surface area contributed by atoms with Crippen molar-refractivity contribution in [3.8, 4) is 6.07 Å². The van der Waals surface area contributed by atoms with Gasteiger partial charge in [0.2, 0.25) is 0 Å². The van der Waals surface area contributed by atoms with E-state index in [1.807, 2.05) is 0 Å². The maximum absolute atomic E-state index is 8.74. The first kappa shape index (κ1) is 11.5. The van der Waals surface area contributed by atoms with Gasteiger partial charge in [0.25, 0.3) is 0 Å².